The fraction of sp³-hybridized carbons (Fsp3) is 0.765. The fourth-order valence-corrected chi connectivity index (χ4v) is 3.96. The van der Waals surface area contributed by atoms with Crippen molar-refractivity contribution in [3.63, 3.8) is 0 Å². The van der Waals surface area contributed by atoms with Gasteiger partial charge in [-0.3, -0.25) is 9.48 Å². The van der Waals surface area contributed by atoms with Gasteiger partial charge in [-0.1, -0.05) is 12.8 Å². The van der Waals surface area contributed by atoms with Crippen LogP contribution in [0.15, 0.2) is 0 Å². The largest absolute Gasteiger partial charge is 0.368 e. The number of carbonyl (C=O) groups excluding carboxylic acids is 1. The summed E-state index contributed by atoms with van der Waals surface area (Å²) >= 11 is 0. The lowest BCUT2D eigenvalue weighted by atomic mass is 10.0. The lowest BCUT2D eigenvalue weighted by molar-refractivity contribution is -0.139. The first-order chi connectivity index (χ1) is 10.6. The van der Waals surface area contributed by atoms with Crippen molar-refractivity contribution in [3.05, 3.63) is 17.0 Å². The van der Waals surface area contributed by atoms with Crippen LogP contribution in [0.4, 0.5) is 0 Å². The SMILES string of the molecule is Cc1nn(C)c(C)c1[C@@H]1CCCN1C(=O)COC1CCCC1. The summed E-state index contributed by atoms with van der Waals surface area (Å²) in [6, 6.07) is 0.174. The maximum Gasteiger partial charge on any atom is 0.249 e. The Morgan fingerprint density at radius 2 is 1.95 bits per heavy atom. The number of nitrogens with zero attached hydrogens (tertiary/aromatic N) is 3. The number of aryl methyl sites for hydroxylation is 2. The molecule has 122 valence electrons. The van der Waals surface area contributed by atoms with Gasteiger partial charge >= 0.3 is 0 Å². The van der Waals surface area contributed by atoms with Crippen molar-refractivity contribution in [3.8, 4) is 0 Å². The van der Waals surface area contributed by atoms with Crippen LogP contribution in [-0.2, 0) is 16.6 Å². The molecule has 0 aromatic carbocycles. The highest BCUT2D eigenvalue weighted by molar-refractivity contribution is 5.78. The van der Waals surface area contributed by atoms with Gasteiger partial charge in [-0.15, -0.1) is 0 Å². The Balaban J connectivity index is 1.68. The van der Waals surface area contributed by atoms with Crippen LogP contribution in [0.25, 0.3) is 0 Å². The minimum Gasteiger partial charge on any atom is -0.368 e. The Hall–Kier alpha value is -1.36. The van der Waals surface area contributed by atoms with Gasteiger partial charge in [0, 0.05) is 24.8 Å². The molecule has 0 N–H and O–H groups in total. The van der Waals surface area contributed by atoms with E-state index in [-0.39, 0.29) is 18.6 Å². The molecule has 0 spiro atoms. The first-order valence-electron chi connectivity index (χ1n) is 8.49. The first-order valence-corrected chi connectivity index (χ1v) is 8.49. The normalized spacial score (nSPS) is 22.7. The van der Waals surface area contributed by atoms with Gasteiger partial charge in [0.25, 0.3) is 0 Å². The van der Waals surface area contributed by atoms with Crippen molar-refractivity contribution in [2.24, 2.45) is 7.05 Å². The van der Waals surface area contributed by atoms with E-state index >= 15 is 0 Å². The molecule has 1 saturated heterocycles. The Bertz CT molecular complexity index is 546. The zero-order valence-electron chi connectivity index (χ0n) is 14.0. The van der Waals surface area contributed by atoms with E-state index < -0.39 is 0 Å². The minimum atomic E-state index is 0.136. The average molecular weight is 305 g/mol. The van der Waals surface area contributed by atoms with Crippen LogP contribution in [0.1, 0.15) is 61.5 Å². The molecule has 1 aromatic heterocycles. The van der Waals surface area contributed by atoms with Crippen LogP contribution >= 0.6 is 0 Å². The molecule has 1 atom stereocenters. The zero-order valence-corrected chi connectivity index (χ0v) is 14.0. The number of ether oxygens (including phenoxy) is 1. The maximum absolute atomic E-state index is 12.6. The number of likely N-dealkylation sites (tertiary alicyclic amines) is 1. The van der Waals surface area contributed by atoms with E-state index in [4.69, 9.17) is 4.74 Å². The highest BCUT2D eigenvalue weighted by Gasteiger charge is 2.33. The van der Waals surface area contributed by atoms with Crippen LogP contribution in [0, 0.1) is 13.8 Å². The van der Waals surface area contributed by atoms with E-state index in [0.717, 1.165) is 37.9 Å². The van der Waals surface area contributed by atoms with Crippen LogP contribution < -0.4 is 0 Å². The van der Waals surface area contributed by atoms with Crippen molar-refractivity contribution in [1.82, 2.24) is 14.7 Å². The third-order valence-corrected chi connectivity index (χ3v) is 5.22. The molecule has 0 bridgehead atoms. The van der Waals surface area contributed by atoms with E-state index in [1.807, 2.05) is 23.6 Å². The second-order valence-corrected chi connectivity index (χ2v) is 6.67. The third kappa shape index (κ3) is 2.91. The van der Waals surface area contributed by atoms with Crippen LogP contribution in [-0.4, -0.2) is 39.8 Å². The highest BCUT2D eigenvalue weighted by atomic mass is 16.5. The standard InChI is InChI=1S/C17H27N3O2/c1-12-17(13(2)19(3)18-12)15-9-6-10-20(15)16(21)11-22-14-7-4-5-8-14/h14-15H,4-11H2,1-3H3/t15-/m0/s1. The van der Waals surface area contributed by atoms with E-state index in [2.05, 4.69) is 12.0 Å². The smallest absolute Gasteiger partial charge is 0.249 e. The molecule has 1 aliphatic heterocycles. The third-order valence-electron chi connectivity index (χ3n) is 5.22. The van der Waals surface area contributed by atoms with Gasteiger partial charge in [0.2, 0.25) is 5.91 Å². The first kappa shape index (κ1) is 15.5. The Morgan fingerprint density at radius 1 is 1.23 bits per heavy atom. The molecule has 1 aromatic rings. The number of hydrogen-bond acceptors (Lipinski definition) is 3. The van der Waals surface area contributed by atoms with Gasteiger partial charge < -0.3 is 9.64 Å². The van der Waals surface area contributed by atoms with Gasteiger partial charge in [0.05, 0.1) is 17.8 Å². The minimum absolute atomic E-state index is 0.136. The quantitative estimate of drug-likeness (QED) is 0.859. The van der Waals surface area contributed by atoms with Crippen LogP contribution in [0.3, 0.4) is 0 Å². The average Bonchev–Trinajstić information content (AvgIpc) is 3.19. The number of amides is 1. The molecule has 1 saturated carbocycles. The van der Waals surface area contributed by atoms with Gasteiger partial charge in [0.1, 0.15) is 6.61 Å². The van der Waals surface area contributed by atoms with Crippen molar-refractivity contribution in [1.29, 1.82) is 0 Å². The topological polar surface area (TPSA) is 47.4 Å². The van der Waals surface area contributed by atoms with Crippen molar-refractivity contribution in [2.75, 3.05) is 13.2 Å². The molecule has 2 heterocycles. The van der Waals surface area contributed by atoms with Crippen LogP contribution in [0.5, 0.6) is 0 Å². The lowest BCUT2D eigenvalue weighted by Gasteiger charge is -2.26. The second kappa shape index (κ2) is 6.41. The molecule has 1 aliphatic carbocycles. The lowest BCUT2D eigenvalue weighted by Crippen LogP contribution is -2.35. The number of carbonyl (C=O) groups is 1. The summed E-state index contributed by atoms with van der Waals surface area (Å²) in [6.07, 6.45) is 7.08. The van der Waals surface area contributed by atoms with E-state index in [9.17, 15) is 4.79 Å². The predicted molar refractivity (Wildman–Crippen MR) is 84.6 cm³/mol. The van der Waals surface area contributed by atoms with E-state index in [0.29, 0.717) is 6.10 Å². The van der Waals surface area contributed by atoms with Crippen molar-refractivity contribution < 1.29 is 9.53 Å². The molecule has 1 amide bonds. The summed E-state index contributed by atoms with van der Waals surface area (Å²) in [4.78, 5) is 14.6. The molecule has 2 aliphatic rings. The van der Waals surface area contributed by atoms with E-state index in [1.54, 1.807) is 0 Å². The number of aromatic nitrogens is 2. The number of rotatable bonds is 4. The monoisotopic (exact) mass is 305 g/mol. The summed E-state index contributed by atoms with van der Waals surface area (Å²) in [7, 11) is 1.97. The zero-order chi connectivity index (χ0) is 15.7. The Kier molecular flexibility index (Phi) is 4.52. The molecule has 2 fully saturated rings. The molecular weight excluding hydrogens is 278 g/mol. The predicted octanol–water partition coefficient (Wildman–Crippen LogP) is 2.66. The molecule has 0 unspecified atom stereocenters. The molecule has 0 radical (unpaired) electrons. The summed E-state index contributed by atoms with van der Waals surface area (Å²) in [5.41, 5.74) is 3.44. The van der Waals surface area contributed by atoms with Gasteiger partial charge in [-0.05, 0) is 39.5 Å². The fourth-order valence-electron chi connectivity index (χ4n) is 3.96. The Labute approximate surface area is 132 Å². The summed E-state index contributed by atoms with van der Waals surface area (Å²) in [5.74, 6) is 0.136. The molecule has 5 heteroatoms. The van der Waals surface area contributed by atoms with Gasteiger partial charge in [-0.2, -0.15) is 5.10 Å². The molecular formula is C17H27N3O2. The van der Waals surface area contributed by atoms with Crippen molar-refractivity contribution >= 4 is 5.91 Å². The maximum atomic E-state index is 12.6. The number of hydrogen-bond donors (Lipinski definition) is 0. The summed E-state index contributed by atoms with van der Waals surface area (Å²) < 4.78 is 7.73. The van der Waals surface area contributed by atoms with Gasteiger partial charge in [0.15, 0.2) is 0 Å². The molecule has 22 heavy (non-hydrogen) atoms. The summed E-state index contributed by atoms with van der Waals surface area (Å²) in [6.45, 7) is 5.20. The van der Waals surface area contributed by atoms with Crippen LogP contribution in [0.2, 0.25) is 0 Å². The molecule has 5 nitrogen and oxygen atoms in total. The van der Waals surface area contributed by atoms with Crippen molar-refractivity contribution in [2.45, 2.75) is 64.5 Å². The highest BCUT2D eigenvalue weighted by Crippen LogP contribution is 2.35. The Morgan fingerprint density at radius 3 is 2.59 bits per heavy atom. The second-order valence-electron chi connectivity index (χ2n) is 6.67. The van der Waals surface area contributed by atoms with Gasteiger partial charge in [-0.25, -0.2) is 0 Å². The summed E-state index contributed by atoms with van der Waals surface area (Å²) in [5, 5.41) is 4.51. The molecule has 3 rings (SSSR count). The van der Waals surface area contributed by atoms with E-state index in [1.165, 1.54) is 24.1 Å².